The van der Waals surface area contributed by atoms with E-state index in [9.17, 15) is 9.59 Å². The van der Waals surface area contributed by atoms with Crippen LogP contribution in [0.2, 0.25) is 0 Å². The summed E-state index contributed by atoms with van der Waals surface area (Å²) in [6.45, 7) is 3.47. The Bertz CT molecular complexity index is 540. The Kier molecular flexibility index (Phi) is 5.22. The van der Waals surface area contributed by atoms with Crippen LogP contribution in [0.25, 0.3) is 0 Å². The number of halogens is 1. The molecule has 1 aliphatic heterocycles. The molecule has 6 heteroatoms. The fourth-order valence-corrected chi connectivity index (χ4v) is 3.00. The van der Waals surface area contributed by atoms with E-state index in [2.05, 4.69) is 21.2 Å². The van der Waals surface area contributed by atoms with Gasteiger partial charge in [0.15, 0.2) is 0 Å². The molecule has 1 heterocycles. The predicted molar refractivity (Wildman–Crippen MR) is 85.9 cm³/mol. The van der Waals surface area contributed by atoms with Crippen molar-refractivity contribution in [2.45, 2.75) is 19.8 Å². The van der Waals surface area contributed by atoms with Gasteiger partial charge in [-0.3, -0.25) is 9.59 Å². The highest BCUT2D eigenvalue weighted by molar-refractivity contribution is 9.10. The van der Waals surface area contributed by atoms with Crippen molar-refractivity contribution >= 4 is 33.4 Å². The number of carbonyl (C=O) groups excluding carboxylic acids is 2. The van der Waals surface area contributed by atoms with Gasteiger partial charge in [-0.25, -0.2) is 0 Å². The van der Waals surface area contributed by atoms with E-state index in [0.29, 0.717) is 25.9 Å². The molecular weight excluding hydrogens is 334 g/mol. The lowest BCUT2D eigenvalue weighted by Gasteiger charge is -2.30. The van der Waals surface area contributed by atoms with E-state index in [-0.39, 0.29) is 24.3 Å². The molecule has 1 aliphatic rings. The summed E-state index contributed by atoms with van der Waals surface area (Å²) in [4.78, 5) is 25.1. The number of amides is 2. The molecule has 2 rings (SSSR count). The van der Waals surface area contributed by atoms with Crippen LogP contribution in [0, 0.1) is 12.8 Å². The highest BCUT2D eigenvalue weighted by atomic mass is 79.9. The lowest BCUT2D eigenvalue weighted by atomic mass is 9.96. The summed E-state index contributed by atoms with van der Waals surface area (Å²) in [7, 11) is 0. The third-order valence-electron chi connectivity index (χ3n) is 3.87. The first-order chi connectivity index (χ1) is 9.97. The number of hydrogen-bond donors (Lipinski definition) is 2. The van der Waals surface area contributed by atoms with Gasteiger partial charge in [0.1, 0.15) is 0 Å². The van der Waals surface area contributed by atoms with Crippen LogP contribution in [0.5, 0.6) is 0 Å². The van der Waals surface area contributed by atoms with Crippen molar-refractivity contribution in [2.24, 2.45) is 11.7 Å². The zero-order chi connectivity index (χ0) is 15.4. The normalized spacial score (nSPS) is 15.8. The van der Waals surface area contributed by atoms with Gasteiger partial charge in [-0.15, -0.1) is 0 Å². The van der Waals surface area contributed by atoms with Crippen molar-refractivity contribution in [3.8, 4) is 0 Å². The monoisotopic (exact) mass is 353 g/mol. The maximum atomic E-state index is 12.2. The minimum atomic E-state index is -0.259. The largest absolute Gasteiger partial charge is 0.376 e. The van der Waals surface area contributed by atoms with E-state index in [0.717, 1.165) is 15.7 Å². The molecule has 3 N–H and O–H groups in total. The molecule has 0 unspecified atom stereocenters. The number of hydrogen-bond acceptors (Lipinski definition) is 3. The van der Waals surface area contributed by atoms with E-state index >= 15 is 0 Å². The third-order valence-corrected chi connectivity index (χ3v) is 4.36. The summed E-state index contributed by atoms with van der Waals surface area (Å²) in [5.74, 6) is -0.290. The maximum Gasteiger partial charge on any atom is 0.241 e. The van der Waals surface area contributed by atoms with Crippen LogP contribution in [0.1, 0.15) is 18.4 Å². The summed E-state index contributed by atoms with van der Waals surface area (Å²) in [6, 6.07) is 5.90. The van der Waals surface area contributed by atoms with Crippen molar-refractivity contribution in [3.05, 3.63) is 28.2 Å². The van der Waals surface area contributed by atoms with Gasteiger partial charge < -0.3 is 16.0 Å². The summed E-state index contributed by atoms with van der Waals surface area (Å²) in [5.41, 5.74) is 7.34. The highest BCUT2D eigenvalue weighted by Crippen LogP contribution is 2.20. The van der Waals surface area contributed by atoms with E-state index in [4.69, 9.17) is 5.73 Å². The van der Waals surface area contributed by atoms with Crippen molar-refractivity contribution in [1.82, 2.24) is 4.90 Å². The molecule has 0 spiro atoms. The Morgan fingerprint density at radius 1 is 1.38 bits per heavy atom. The average molecular weight is 354 g/mol. The third kappa shape index (κ3) is 4.20. The molecule has 0 atom stereocenters. The smallest absolute Gasteiger partial charge is 0.241 e. The number of aryl methyl sites for hydroxylation is 1. The van der Waals surface area contributed by atoms with Gasteiger partial charge in [-0.05, 0) is 43.5 Å². The minimum absolute atomic E-state index is 0.0558. The molecule has 1 aromatic carbocycles. The van der Waals surface area contributed by atoms with E-state index in [1.165, 1.54) is 0 Å². The zero-order valence-electron chi connectivity index (χ0n) is 12.1. The minimum Gasteiger partial charge on any atom is -0.376 e. The van der Waals surface area contributed by atoms with Gasteiger partial charge >= 0.3 is 0 Å². The van der Waals surface area contributed by atoms with Crippen molar-refractivity contribution < 1.29 is 9.59 Å². The fourth-order valence-electron chi connectivity index (χ4n) is 2.52. The van der Waals surface area contributed by atoms with Crippen LogP contribution in [0.3, 0.4) is 0 Å². The molecule has 1 aromatic rings. The quantitative estimate of drug-likeness (QED) is 0.867. The van der Waals surface area contributed by atoms with E-state index < -0.39 is 0 Å². The summed E-state index contributed by atoms with van der Waals surface area (Å²) in [5, 5.41) is 3.17. The first-order valence-electron chi connectivity index (χ1n) is 7.04. The first kappa shape index (κ1) is 15.8. The van der Waals surface area contributed by atoms with E-state index in [1.54, 1.807) is 4.90 Å². The number of anilines is 1. The average Bonchev–Trinajstić information content (AvgIpc) is 2.46. The SMILES string of the molecule is Cc1cc(Br)ccc1NCC(=O)N1CCC(C(N)=O)CC1. The lowest BCUT2D eigenvalue weighted by Crippen LogP contribution is -2.43. The standard InChI is InChI=1S/C15H20BrN3O2/c1-10-8-12(16)2-3-13(10)18-9-14(20)19-6-4-11(5-7-19)15(17)21/h2-3,8,11,18H,4-7,9H2,1H3,(H2,17,21). The Hall–Kier alpha value is -1.56. The molecule has 0 aliphatic carbocycles. The lowest BCUT2D eigenvalue weighted by molar-refractivity contribution is -0.133. The number of nitrogens with one attached hydrogen (secondary N) is 1. The predicted octanol–water partition coefficient (Wildman–Crippen LogP) is 1.89. The molecular formula is C15H20BrN3O2. The molecule has 5 nitrogen and oxygen atoms in total. The molecule has 114 valence electrons. The van der Waals surface area contributed by atoms with Gasteiger partial charge in [0.25, 0.3) is 0 Å². The zero-order valence-corrected chi connectivity index (χ0v) is 13.6. The second-order valence-corrected chi connectivity index (χ2v) is 6.29. The number of nitrogens with two attached hydrogens (primary N) is 1. The summed E-state index contributed by atoms with van der Waals surface area (Å²) < 4.78 is 1.02. The highest BCUT2D eigenvalue weighted by Gasteiger charge is 2.25. The van der Waals surface area contributed by atoms with Gasteiger partial charge in [0, 0.05) is 29.2 Å². The Labute approximate surface area is 133 Å². The van der Waals surface area contributed by atoms with Crippen LogP contribution in [-0.2, 0) is 9.59 Å². The van der Waals surface area contributed by atoms with Crippen LogP contribution in [0.15, 0.2) is 22.7 Å². The number of benzene rings is 1. The van der Waals surface area contributed by atoms with Crippen molar-refractivity contribution in [1.29, 1.82) is 0 Å². The number of carbonyl (C=O) groups is 2. The number of likely N-dealkylation sites (tertiary alicyclic amines) is 1. The molecule has 0 radical (unpaired) electrons. The molecule has 2 amide bonds. The van der Waals surface area contributed by atoms with Crippen LogP contribution < -0.4 is 11.1 Å². The number of piperidine rings is 1. The van der Waals surface area contributed by atoms with Gasteiger partial charge in [-0.1, -0.05) is 15.9 Å². The second-order valence-electron chi connectivity index (χ2n) is 5.37. The summed E-state index contributed by atoms with van der Waals surface area (Å²) >= 11 is 3.42. The molecule has 1 saturated heterocycles. The molecule has 21 heavy (non-hydrogen) atoms. The van der Waals surface area contributed by atoms with E-state index in [1.807, 2.05) is 25.1 Å². The van der Waals surface area contributed by atoms with Gasteiger partial charge in [0.05, 0.1) is 6.54 Å². The maximum absolute atomic E-state index is 12.2. The molecule has 0 aromatic heterocycles. The number of rotatable bonds is 4. The Morgan fingerprint density at radius 3 is 2.62 bits per heavy atom. The van der Waals surface area contributed by atoms with Crippen LogP contribution >= 0.6 is 15.9 Å². The summed E-state index contributed by atoms with van der Waals surface area (Å²) in [6.07, 6.45) is 1.33. The molecule has 0 saturated carbocycles. The Balaban J connectivity index is 1.84. The van der Waals surface area contributed by atoms with Gasteiger partial charge in [-0.2, -0.15) is 0 Å². The number of primary amides is 1. The van der Waals surface area contributed by atoms with Crippen molar-refractivity contribution in [3.63, 3.8) is 0 Å². The van der Waals surface area contributed by atoms with Crippen LogP contribution in [0.4, 0.5) is 5.69 Å². The van der Waals surface area contributed by atoms with Gasteiger partial charge in [0.2, 0.25) is 11.8 Å². The van der Waals surface area contributed by atoms with Crippen molar-refractivity contribution in [2.75, 3.05) is 25.0 Å². The molecule has 0 bridgehead atoms. The number of nitrogens with zero attached hydrogens (tertiary/aromatic N) is 1. The Morgan fingerprint density at radius 2 is 2.05 bits per heavy atom. The molecule has 1 fully saturated rings. The topological polar surface area (TPSA) is 75.4 Å². The first-order valence-corrected chi connectivity index (χ1v) is 7.84. The second kappa shape index (κ2) is 6.93. The van der Waals surface area contributed by atoms with Crippen LogP contribution in [-0.4, -0.2) is 36.3 Å². The fraction of sp³-hybridized carbons (Fsp3) is 0.467.